The zero-order chi connectivity index (χ0) is 17.6. The van der Waals surface area contributed by atoms with Crippen LogP contribution in [0.3, 0.4) is 0 Å². The quantitative estimate of drug-likeness (QED) is 0.428. The van der Waals surface area contributed by atoms with Crippen molar-refractivity contribution in [2.45, 2.75) is 51.9 Å². The van der Waals surface area contributed by atoms with Crippen LogP contribution in [0, 0.1) is 47.3 Å². The Kier molecular flexibility index (Phi) is 5.50. The molecule has 0 spiro atoms. The molecule has 28 heavy (non-hydrogen) atoms. The van der Waals surface area contributed by atoms with E-state index in [9.17, 15) is 0 Å². The van der Waals surface area contributed by atoms with Gasteiger partial charge in [-0.15, -0.1) is 24.8 Å². The summed E-state index contributed by atoms with van der Waals surface area (Å²) >= 11 is 0. The van der Waals surface area contributed by atoms with E-state index in [0.717, 1.165) is 67.0 Å². The Morgan fingerprint density at radius 2 is 1.79 bits per heavy atom. The van der Waals surface area contributed by atoms with E-state index in [1.54, 1.807) is 6.42 Å². The Morgan fingerprint density at radius 1 is 0.964 bits per heavy atom. The van der Waals surface area contributed by atoms with Crippen LogP contribution in [0.1, 0.15) is 40.0 Å². The molecule has 2 N–H and O–H groups in total. The molecule has 0 amide bonds. The van der Waals surface area contributed by atoms with Gasteiger partial charge in [-0.25, -0.2) is 0 Å². The lowest BCUT2D eigenvalue weighted by molar-refractivity contribution is -0.0569. The van der Waals surface area contributed by atoms with Gasteiger partial charge in [0, 0.05) is 31.5 Å². The fourth-order valence-corrected chi connectivity index (χ4v) is 8.68. The van der Waals surface area contributed by atoms with Gasteiger partial charge in [-0.2, -0.15) is 0 Å². The molecule has 5 saturated carbocycles. The second kappa shape index (κ2) is 7.27. The zero-order valence-corrected chi connectivity index (χ0v) is 19.0. The second-order valence-electron chi connectivity index (χ2n) is 10.3. The summed E-state index contributed by atoms with van der Waals surface area (Å²) in [6, 6.07) is 0. The SMILES string of the molecule is CC(C)=CCC/C(C)=C/CNCCN[C@]12O[C@@H]3[C@@H]4[C@H]5[C@H]6C[C@@H]([C@@H]5[C@@H]41)[C@@H]2[C@H]63.Cl.Cl. The second-order valence-corrected chi connectivity index (χ2v) is 10.3. The van der Waals surface area contributed by atoms with Gasteiger partial charge in [-0.1, -0.05) is 23.3 Å². The molecule has 158 valence electrons. The predicted molar refractivity (Wildman–Crippen MR) is 118 cm³/mol. The number of ether oxygens (including phenoxy) is 1. The molecule has 0 aromatic carbocycles. The Bertz CT molecular complexity index is 680. The van der Waals surface area contributed by atoms with Gasteiger partial charge in [0.15, 0.2) is 0 Å². The lowest BCUT2D eigenvalue weighted by atomic mass is 9.59. The third kappa shape index (κ3) is 2.46. The standard InChI is InChI=1S/C23H34N2O.2ClH/c1-12(2)5-4-6-13(3)7-8-24-9-10-25-23-20-15-11-14-16-17(15)21(23)19(16)22(26-23)18(14)20;;/h5,7,14-22,24-25H,4,6,8-11H2,1-3H3;2*1H/b13-7+;;/t14-,15+,16+,17+,18+,19-,20-,21+,22+,23-;;/m1../s1. The van der Waals surface area contributed by atoms with Gasteiger partial charge >= 0.3 is 0 Å². The maximum absolute atomic E-state index is 6.71. The van der Waals surface area contributed by atoms with Crippen molar-refractivity contribution < 1.29 is 4.74 Å². The van der Waals surface area contributed by atoms with Gasteiger partial charge in [0.2, 0.25) is 0 Å². The number of nitrogens with one attached hydrogen (secondary N) is 2. The highest BCUT2D eigenvalue weighted by atomic mass is 35.5. The first kappa shape index (κ1) is 21.2. The summed E-state index contributed by atoms with van der Waals surface area (Å²) in [6.45, 7) is 9.70. The molecule has 7 aliphatic rings. The fourth-order valence-electron chi connectivity index (χ4n) is 8.68. The molecule has 0 aromatic heterocycles. The first-order valence-corrected chi connectivity index (χ1v) is 11.1. The number of halogens is 2. The minimum atomic E-state index is 0. The van der Waals surface area contributed by atoms with Crippen LogP contribution >= 0.6 is 24.8 Å². The lowest BCUT2D eigenvalue weighted by Gasteiger charge is -2.46. The predicted octanol–water partition coefficient (Wildman–Crippen LogP) is 4.18. The Morgan fingerprint density at radius 3 is 2.57 bits per heavy atom. The minimum absolute atomic E-state index is 0. The molecule has 2 aliphatic heterocycles. The van der Waals surface area contributed by atoms with Crippen molar-refractivity contribution >= 4 is 24.8 Å². The van der Waals surface area contributed by atoms with E-state index in [1.807, 2.05) is 0 Å². The van der Waals surface area contributed by atoms with Crippen LogP contribution < -0.4 is 10.6 Å². The van der Waals surface area contributed by atoms with Gasteiger partial charge < -0.3 is 10.1 Å². The normalized spacial score (nSPS) is 49.4. The van der Waals surface area contributed by atoms with Crippen LogP contribution in [0.4, 0.5) is 0 Å². The van der Waals surface area contributed by atoms with E-state index in [0.29, 0.717) is 6.10 Å². The van der Waals surface area contributed by atoms with E-state index >= 15 is 0 Å². The van der Waals surface area contributed by atoms with Crippen LogP contribution in [-0.2, 0) is 4.74 Å². The maximum atomic E-state index is 6.71. The fraction of sp³-hybridized carbons (Fsp3) is 0.826. The zero-order valence-electron chi connectivity index (χ0n) is 17.3. The van der Waals surface area contributed by atoms with Crippen molar-refractivity contribution in [3.05, 3.63) is 23.3 Å². The maximum Gasteiger partial charge on any atom is 0.126 e. The minimum Gasteiger partial charge on any atom is -0.356 e. The van der Waals surface area contributed by atoms with Crippen molar-refractivity contribution in [3.8, 4) is 0 Å². The summed E-state index contributed by atoms with van der Waals surface area (Å²) in [7, 11) is 0. The first-order valence-electron chi connectivity index (χ1n) is 11.1. The van der Waals surface area contributed by atoms with Crippen LogP contribution in [0.15, 0.2) is 23.3 Å². The van der Waals surface area contributed by atoms with Crippen molar-refractivity contribution in [3.63, 3.8) is 0 Å². The largest absolute Gasteiger partial charge is 0.356 e. The van der Waals surface area contributed by atoms with Crippen LogP contribution in [0.2, 0.25) is 0 Å². The molecule has 0 aromatic rings. The molecule has 5 heteroatoms. The Hall–Kier alpha value is -0.0600. The van der Waals surface area contributed by atoms with Crippen LogP contribution in [0.25, 0.3) is 0 Å². The smallest absolute Gasteiger partial charge is 0.126 e. The molecule has 2 saturated heterocycles. The molecule has 4 bridgehead atoms. The van der Waals surface area contributed by atoms with Crippen molar-refractivity contribution in [1.82, 2.24) is 10.6 Å². The van der Waals surface area contributed by atoms with Gasteiger partial charge in [0.25, 0.3) is 0 Å². The van der Waals surface area contributed by atoms with Crippen molar-refractivity contribution in [1.29, 1.82) is 0 Å². The third-order valence-electron chi connectivity index (χ3n) is 9.09. The van der Waals surface area contributed by atoms with Gasteiger partial charge in [-0.3, -0.25) is 5.32 Å². The summed E-state index contributed by atoms with van der Waals surface area (Å²) in [5, 5.41) is 7.55. The van der Waals surface area contributed by atoms with E-state index in [-0.39, 0.29) is 30.5 Å². The first-order chi connectivity index (χ1) is 12.6. The van der Waals surface area contributed by atoms with E-state index in [1.165, 1.54) is 24.0 Å². The van der Waals surface area contributed by atoms with Crippen molar-refractivity contribution in [2.24, 2.45) is 47.3 Å². The number of hydrogen-bond acceptors (Lipinski definition) is 3. The monoisotopic (exact) mass is 426 g/mol. The molecule has 7 fully saturated rings. The Balaban J connectivity index is 0.000000961. The molecule has 10 atom stereocenters. The highest BCUT2D eigenvalue weighted by Gasteiger charge is 2.92. The summed E-state index contributed by atoms with van der Waals surface area (Å²) in [5.74, 6) is 7.86. The molecule has 5 aliphatic carbocycles. The van der Waals surface area contributed by atoms with Crippen LogP contribution in [-0.4, -0.2) is 31.5 Å². The number of allylic oxidation sites excluding steroid dienone is 3. The molecular formula is C23H36Cl2N2O. The van der Waals surface area contributed by atoms with Crippen molar-refractivity contribution in [2.75, 3.05) is 19.6 Å². The molecule has 7 rings (SSSR count). The molecule has 0 unspecified atom stereocenters. The van der Waals surface area contributed by atoms with Gasteiger partial charge in [-0.05, 0) is 75.5 Å². The van der Waals surface area contributed by atoms with Crippen LogP contribution in [0.5, 0.6) is 0 Å². The summed E-state index contributed by atoms with van der Waals surface area (Å²) in [6.07, 6.45) is 9.24. The number of rotatable bonds is 9. The summed E-state index contributed by atoms with van der Waals surface area (Å²) in [5.41, 5.74) is 3.03. The van der Waals surface area contributed by atoms with E-state index in [4.69, 9.17) is 4.74 Å². The molecule has 3 nitrogen and oxygen atoms in total. The van der Waals surface area contributed by atoms with E-state index < -0.39 is 0 Å². The van der Waals surface area contributed by atoms with Gasteiger partial charge in [0.05, 0.1) is 6.10 Å². The average Bonchev–Trinajstić information content (AvgIpc) is 3.23. The van der Waals surface area contributed by atoms with Gasteiger partial charge in [0.1, 0.15) is 5.72 Å². The number of hydrogen-bond donors (Lipinski definition) is 2. The lowest BCUT2D eigenvalue weighted by Crippen LogP contribution is -2.57. The molecule has 2 heterocycles. The Labute approximate surface area is 182 Å². The highest BCUT2D eigenvalue weighted by Crippen LogP contribution is 2.89. The third-order valence-corrected chi connectivity index (χ3v) is 9.09. The average molecular weight is 427 g/mol. The van der Waals surface area contributed by atoms with E-state index in [2.05, 4.69) is 43.6 Å². The molecule has 0 radical (unpaired) electrons. The topological polar surface area (TPSA) is 33.3 Å². The summed E-state index contributed by atoms with van der Waals surface area (Å²) < 4.78 is 6.71. The summed E-state index contributed by atoms with van der Waals surface area (Å²) in [4.78, 5) is 0. The molecular weight excluding hydrogens is 391 g/mol. The highest BCUT2D eigenvalue weighted by molar-refractivity contribution is 5.85.